The summed E-state index contributed by atoms with van der Waals surface area (Å²) in [6.45, 7) is 7.54. The number of aliphatic carboxylic acids is 1. The second-order valence-electron chi connectivity index (χ2n) is 4.49. The summed E-state index contributed by atoms with van der Waals surface area (Å²) >= 11 is 0. The molecule has 0 fully saturated rings. The van der Waals surface area contributed by atoms with Gasteiger partial charge in [-0.2, -0.15) is 0 Å². The molecule has 82 valence electrons. The average Bonchev–Trinajstić information content (AvgIpc) is 2.01. The van der Waals surface area contributed by atoms with Gasteiger partial charge in [-0.15, -0.1) is 0 Å². The third kappa shape index (κ3) is 5.00. The Kier molecular flexibility index (Phi) is 5.43. The van der Waals surface area contributed by atoms with Gasteiger partial charge in [-0.05, 0) is 12.3 Å². The Labute approximate surface area is 85.5 Å². The van der Waals surface area contributed by atoms with E-state index in [1.165, 1.54) is 0 Å². The maximum Gasteiger partial charge on any atom is 0.306 e. The van der Waals surface area contributed by atoms with Crippen molar-refractivity contribution in [2.75, 3.05) is 0 Å². The highest BCUT2D eigenvalue weighted by molar-refractivity contribution is 5.85. The molecule has 0 spiro atoms. The first-order chi connectivity index (χ1) is 6.34. The molecule has 0 bridgehead atoms. The molecular weight excluding hydrogens is 180 g/mol. The van der Waals surface area contributed by atoms with E-state index in [4.69, 9.17) is 5.11 Å². The molecule has 0 aromatic heterocycles. The van der Waals surface area contributed by atoms with Crippen molar-refractivity contribution in [1.82, 2.24) is 0 Å². The van der Waals surface area contributed by atoms with Gasteiger partial charge in [0.1, 0.15) is 5.78 Å². The zero-order valence-electron chi connectivity index (χ0n) is 9.41. The quantitative estimate of drug-likeness (QED) is 0.716. The van der Waals surface area contributed by atoms with Crippen LogP contribution in [0, 0.1) is 17.8 Å². The summed E-state index contributed by atoms with van der Waals surface area (Å²) in [5, 5.41) is 8.90. The van der Waals surface area contributed by atoms with Gasteiger partial charge < -0.3 is 5.11 Å². The molecule has 3 nitrogen and oxygen atoms in total. The van der Waals surface area contributed by atoms with E-state index in [-0.39, 0.29) is 18.1 Å². The van der Waals surface area contributed by atoms with Crippen molar-refractivity contribution in [3.63, 3.8) is 0 Å². The van der Waals surface area contributed by atoms with Gasteiger partial charge in [-0.25, -0.2) is 0 Å². The monoisotopic (exact) mass is 200 g/mol. The molecule has 0 saturated heterocycles. The van der Waals surface area contributed by atoms with Crippen molar-refractivity contribution < 1.29 is 14.7 Å². The highest BCUT2D eigenvalue weighted by atomic mass is 16.4. The van der Waals surface area contributed by atoms with Crippen LogP contribution in [0.2, 0.25) is 0 Å². The Morgan fingerprint density at radius 3 is 1.93 bits per heavy atom. The van der Waals surface area contributed by atoms with E-state index in [1.807, 2.05) is 13.8 Å². The number of ketones is 1. The van der Waals surface area contributed by atoms with Crippen molar-refractivity contribution in [2.24, 2.45) is 17.8 Å². The minimum Gasteiger partial charge on any atom is -0.481 e. The van der Waals surface area contributed by atoms with Crippen molar-refractivity contribution in [3.05, 3.63) is 0 Å². The second-order valence-corrected chi connectivity index (χ2v) is 4.49. The first-order valence-electron chi connectivity index (χ1n) is 5.10. The number of carbonyl (C=O) groups excluding carboxylic acids is 1. The molecule has 0 radical (unpaired) electrons. The molecule has 0 aliphatic rings. The van der Waals surface area contributed by atoms with Gasteiger partial charge in [0.05, 0.1) is 5.92 Å². The van der Waals surface area contributed by atoms with Gasteiger partial charge in [-0.3, -0.25) is 9.59 Å². The first kappa shape index (κ1) is 13.1. The van der Waals surface area contributed by atoms with E-state index in [9.17, 15) is 9.59 Å². The van der Waals surface area contributed by atoms with Gasteiger partial charge in [-0.1, -0.05) is 27.7 Å². The lowest BCUT2D eigenvalue weighted by Crippen LogP contribution is -2.22. The van der Waals surface area contributed by atoms with Crippen LogP contribution >= 0.6 is 0 Å². The molecular formula is C11H20O3. The number of rotatable bonds is 6. The minimum atomic E-state index is -0.854. The van der Waals surface area contributed by atoms with E-state index in [0.717, 1.165) is 0 Å². The molecule has 0 aliphatic carbocycles. The summed E-state index contributed by atoms with van der Waals surface area (Å²) in [5.41, 5.74) is 0. The van der Waals surface area contributed by atoms with Crippen LogP contribution in [0.4, 0.5) is 0 Å². The van der Waals surface area contributed by atoms with Crippen LogP contribution in [-0.2, 0) is 9.59 Å². The van der Waals surface area contributed by atoms with Crippen molar-refractivity contribution in [2.45, 2.75) is 40.5 Å². The fourth-order valence-corrected chi connectivity index (χ4v) is 1.32. The molecule has 0 rings (SSSR count). The number of carbonyl (C=O) groups is 2. The molecule has 14 heavy (non-hydrogen) atoms. The number of carboxylic acids is 1. The SMILES string of the molecule is CC(C)CC(CC(=O)C(C)C)C(=O)O. The van der Waals surface area contributed by atoms with E-state index >= 15 is 0 Å². The molecule has 0 amide bonds. The van der Waals surface area contributed by atoms with Crippen LogP contribution in [0.3, 0.4) is 0 Å². The van der Waals surface area contributed by atoms with Crippen LogP contribution in [0.5, 0.6) is 0 Å². The Bertz CT molecular complexity index is 207. The van der Waals surface area contributed by atoms with E-state index in [1.54, 1.807) is 13.8 Å². The van der Waals surface area contributed by atoms with E-state index < -0.39 is 11.9 Å². The summed E-state index contributed by atoms with van der Waals surface area (Å²) in [6, 6.07) is 0. The normalized spacial score (nSPS) is 13.3. The van der Waals surface area contributed by atoms with Crippen LogP contribution in [0.25, 0.3) is 0 Å². The molecule has 0 aromatic rings. The lowest BCUT2D eigenvalue weighted by atomic mass is 9.90. The predicted octanol–water partition coefficient (Wildman–Crippen LogP) is 2.35. The van der Waals surface area contributed by atoms with Gasteiger partial charge in [0.25, 0.3) is 0 Å². The van der Waals surface area contributed by atoms with Gasteiger partial charge in [0.15, 0.2) is 0 Å². The predicted molar refractivity (Wildman–Crippen MR) is 55.0 cm³/mol. The van der Waals surface area contributed by atoms with E-state index in [2.05, 4.69) is 0 Å². The maximum absolute atomic E-state index is 11.4. The third-order valence-corrected chi connectivity index (χ3v) is 2.20. The molecule has 3 heteroatoms. The lowest BCUT2D eigenvalue weighted by Gasteiger charge is -2.14. The van der Waals surface area contributed by atoms with Crippen molar-refractivity contribution in [3.8, 4) is 0 Å². The highest BCUT2D eigenvalue weighted by Crippen LogP contribution is 2.18. The minimum absolute atomic E-state index is 0.0399. The molecule has 1 unspecified atom stereocenters. The van der Waals surface area contributed by atoms with E-state index in [0.29, 0.717) is 12.3 Å². The number of hydrogen-bond acceptors (Lipinski definition) is 2. The fourth-order valence-electron chi connectivity index (χ4n) is 1.32. The van der Waals surface area contributed by atoms with Crippen LogP contribution < -0.4 is 0 Å². The topological polar surface area (TPSA) is 54.4 Å². The van der Waals surface area contributed by atoms with Crippen LogP contribution in [0.15, 0.2) is 0 Å². The zero-order valence-corrected chi connectivity index (χ0v) is 9.41. The Hall–Kier alpha value is -0.860. The molecule has 0 saturated carbocycles. The molecule has 1 atom stereocenters. The van der Waals surface area contributed by atoms with Gasteiger partial charge in [0, 0.05) is 12.3 Å². The van der Waals surface area contributed by atoms with Crippen molar-refractivity contribution in [1.29, 1.82) is 0 Å². The molecule has 0 heterocycles. The van der Waals surface area contributed by atoms with Crippen LogP contribution in [0.1, 0.15) is 40.5 Å². The lowest BCUT2D eigenvalue weighted by molar-refractivity contribution is -0.144. The smallest absolute Gasteiger partial charge is 0.306 e. The summed E-state index contributed by atoms with van der Waals surface area (Å²) in [5.74, 6) is -1.07. The Morgan fingerprint density at radius 1 is 1.14 bits per heavy atom. The standard InChI is InChI=1S/C11H20O3/c1-7(2)5-9(11(13)14)6-10(12)8(3)4/h7-9H,5-6H2,1-4H3,(H,13,14). The molecule has 0 aromatic carbocycles. The molecule has 0 aliphatic heterocycles. The van der Waals surface area contributed by atoms with Crippen molar-refractivity contribution >= 4 is 11.8 Å². The summed E-state index contributed by atoms with van der Waals surface area (Å²) < 4.78 is 0. The fraction of sp³-hybridized carbons (Fsp3) is 0.818. The summed E-state index contributed by atoms with van der Waals surface area (Å²) in [6.07, 6.45) is 0.749. The number of carboxylic acid groups (broad SMARTS) is 1. The second kappa shape index (κ2) is 5.78. The average molecular weight is 200 g/mol. The highest BCUT2D eigenvalue weighted by Gasteiger charge is 2.23. The summed E-state index contributed by atoms with van der Waals surface area (Å²) in [4.78, 5) is 22.2. The van der Waals surface area contributed by atoms with Gasteiger partial charge in [0.2, 0.25) is 0 Å². The summed E-state index contributed by atoms with van der Waals surface area (Å²) in [7, 11) is 0. The third-order valence-electron chi connectivity index (χ3n) is 2.20. The van der Waals surface area contributed by atoms with Gasteiger partial charge >= 0.3 is 5.97 Å². The number of Topliss-reactive ketones (excluding diaryl/α,β-unsaturated/α-hetero) is 1. The Balaban J connectivity index is 4.23. The largest absolute Gasteiger partial charge is 0.481 e. The number of hydrogen-bond donors (Lipinski definition) is 1. The van der Waals surface area contributed by atoms with Crippen LogP contribution in [-0.4, -0.2) is 16.9 Å². The Morgan fingerprint density at radius 2 is 1.64 bits per heavy atom. The molecule has 1 N–H and O–H groups in total. The zero-order chi connectivity index (χ0) is 11.3. The maximum atomic E-state index is 11.4. The first-order valence-corrected chi connectivity index (χ1v) is 5.10.